The van der Waals surface area contributed by atoms with Crippen LogP contribution in [-0.2, 0) is 22.6 Å². The number of alkyl halides is 3. The van der Waals surface area contributed by atoms with Gasteiger partial charge in [0.2, 0.25) is 0 Å². The van der Waals surface area contributed by atoms with E-state index >= 15 is 0 Å². The highest BCUT2D eigenvalue weighted by atomic mass is 32.2. The van der Waals surface area contributed by atoms with Gasteiger partial charge in [0.1, 0.15) is 17.9 Å². The van der Waals surface area contributed by atoms with Crippen LogP contribution in [0, 0.1) is 0 Å². The average Bonchev–Trinajstić information content (AvgIpc) is 2.64. The molecule has 0 aliphatic carbocycles. The lowest BCUT2D eigenvalue weighted by molar-refractivity contribution is -0.138. The molecule has 0 spiro atoms. The van der Waals surface area contributed by atoms with Crippen molar-refractivity contribution in [2.45, 2.75) is 17.6 Å². The molecule has 0 fully saturated rings. The molecule has 0 aliphatic heterocycles. The van der Waals surface area contributed by atoms with E-state index in [0.29, 0.717) is 10.9 Å². The Bertz CT molecular complexity index is 1130. The predicted octanol–water partition coefficient (Wildman–Crippen LogP) is 3.67. The van der Waals surface area contributed by atoms with Crippen LogP contribution >= 0.6 is 0 Å². The number of methoxy groups -OCH3 is 1. The van der Waals surface area contributed by atoms with Crippen molar-refractivity contribution in [2.75, 3.05) is 18.7 Å². The molecule has 0 unspecified atom stereocenters. The largest absolute Gasteiger partial charge is 0.497 e. The van der Waals surface area contributed by atoms with Crippen molar-refractivity contribution in [1.29, 1.82) is 0 Å². The lowest BCUT2D eigenvalue weighted by Crippen LogP contribution is -2.13. The first-order valence-corrected chi connectivity index (χ1v) is 9.91. The van der Waals surface area contributed by atoms with Gasteiger partial charge >= 0.3 is 6.18 Å². The summed E-state index contributed by atoms with van der Waals surface area (Å²) in [6.07, 6.45) is -2.23. The van der Waals surface area contributed by atoms with Gasteiger partial charge in [0.15, 0.2) is 9.84 Å². The smallest absolute Gasteiger partial charge is 0.416 e. The second kappa shape index (κ2) is 7.27. The number of fused-ring (bicyclic) bond motifs is 1. The van der Waals surface area contributed by atoms with Gasteiger partial charge in [0, 0.05) is 18.2 Å². The van der Waals surface area contributed by atoms with Gasteiger partial charge in [-0.15, -0.1) is 0 Å². The maximum atomic E-state index is 13.4. The molecule has 0 saturated heterocycles. The molecule has 10 heteroatoms. The molecular weight excluding hydrogens is 395 g/mol. The Hall–Kier alpha value is -2.88. The third-order valence-corrected chi connectivity index (χ3v) is 5.21. The normalized spacial score (nSPS) is 12.2. The minimum atomic E-state index is -4.55. The maximum absolute atomic E-state index is 13.4. The van der Waals surface area contributed by atoms with Crippen LogP contribution in [0.5, 0.6) is 5.75 Å². The summed E-state index contributed by atoms with van der Waals surface area (Å²) in [4.78, 5) is 8.17. The van der Waals surface area contributed by atoms with Crippen molar-refractivity contribution in [3.63, 3.8) is 0 Å². The van der Waals surface area contributed by atoms with Gasteiger partial charge in [-0.3, -0.25) is 0 Å². The molecule has 6 nitrogen and oxygen atoms in total. The average molecular weight is 411 g/mol. The molecule has 1 aromatic heterocycles. The van der Waals surface area contributed by atoms with E-state index in [1.54, 1.807) is 0 Å². The van der Waals surface area contributed by atoms with Crippen LogP contribution in [0.4, 0.5) is 19.0 Å². The molecule has 148 valence electrons. The number of nitrogens with one attached hydrogen (secondary N) is 1. The number of ether oxygens (including phenoxy) is 1. The van der Waals surface area contributed by atoms with E-state index in [2.05, 4.69) is 15.3 Å². The summed E-state index contributed by atoms with van der Waals surface area (Å²) in [5.41, 5.74) is -0.357. The van der Waals surface area contributed by atoms with E-state index in [4.69, 9.17) is 4.74 Å². The zero-order valence-electron chi connectivity index (χ0n) is 14.9. The van der Waals surface area contributed by atoms with E-state index in [9.17, 15) is 21.6 Å². The molecule has 0 bridgehead atoms. The van der Waals surface area contributed by atoms with Crippen LogP contribution in [0.1, 0.15) is 11.1 Å². The molecule has 0 aliphatic rings. The van der Waals surface area contributed by atoms with Crippen molar-refractivity contribution in [2.24, 2.45) is 0 Å². The van der Waals surface area contributed by atoms with Crippen LogP contribution in [0.15, 0.2) is 47.6 Å². The third-order valence-electron chi connectivity index (χ3n) is 4.10. The summed E-state index contributed by atoms with van der Waals surface area (Å²) in [5.74, 6) is 0.334. The number of nitrogens with zero attached hydrogens (tertiary/aromatic N) is 2. The monoisotopic (exact) mass is 411 g/mol. The molecule has 0 atom stereocenters. The number of aromatic nitrogens is 2. The fourth-order valence-corrected chi connectivity index (χ4v) is 3.33. The molecule has 1 N–H and O–H groups in total. The van der Waals surface area contributed by atoms with Gasteiger partial charge in [-0.1, -0.05) is 6.07 Å². The maximum Gasteiger partial charge on any atom is 0.416 e. The standard InChI is InChI=1S/C18H16F3N3O3S/c1-27-12-4-3-11(15(7-12)18(19,20)21)9-22-17-14-8-13(28(2,25)26)5-6-16(14)23-10-24-17/h3-8,10H,9H2,1-2H3,(H,22,23,24). The summed E-state index contributed by atoms with van der Waals surface area (Å²) in [5, 5.41) is 3.24. The van der Waals surface area contributed by atoms with Crippen molar-refractivity contribution < 1.29 is 26.3 Å². The number of anilines is 1. The Labute approximate surface area is 159 Å². The van der Waals surface area contributed by atoms with Crippen LogP contribution < -0.4 is 10.1 Å². The number of halogens is 3. The van der Waals surface area contributed by atoms with Crippen molar-refractivity contribution in [1.82, 2.24) is 9.97 Å². The number of benzene rings is 2. The molecule has 1 heterocycles. The Morgan fingerprint density at radius 2 is 1.86 bits per heavy atom. The lowest BCUT2D eigenvalue weighted by atomic mass is 10.1. The number of hydrogen-bond acceptors (Lipinski definition) is 6. The molecule has 28 heavy (non-hydrogen) atoms. The van der Waals surface area contributed by atoms with Gasteiger partial charge in [0.25, 0.3) is 0 Å². The minimum absolute atomic E-state index is 0.000620. The van der Waals surface area contributed by atoms with E-state index in [1.165, 1.54) is 43.8 Å². The van der Waals surface area contributed by atoms with Crippen LogP contribution in [-0.4, -0.2) is 31.8 Å². The summed E-state index contributed by atoms with van der Waals surface area (Å²) in [6, 6.07) is 8.02. The highest BCUT2D eigenvalue weighted by molar-refractivity contribution is 7.90. The first kappa shape index (κ1) is 19.9. The van der Waals surface area contributed by atoms with Gasteiger partial charge in [-0.2, -0.15) is 13.2 Å². The highest BCUT2D eigenvalue weighted by Gasteiger charge is 2.33. The van der Waals surface area contributed by atoms with Crippen molar-refractivity contribution >= 4 is 26.6 Å². The van der Waals surface area contributed by atoms with E-state index in [0.717, 1.165) is 12.3 Å². The Balaban J connectivity index is 1.98. The number of sulfone groups is 1. The highest BCUT2D eigenvalue weighted by Crippen LogP contribution is 2.35. The van der Waals surface area contributed by atoms with Gasteiger partial charge in [0.05, 0.1) is 23.1 Å². The summed E-state index contributed by atoms with van der Waals surface area (Å²) in [7, 11) is -2.17. The summed E-state index contributed by atoms with van der Waals surface area (Å²) < 4.78 is 68.5. The zero-order chi connectivity index (χ0) is 20.5. The first-order valence-electron chi connectivity index (χ1n) is 8.02. The number of hydrogen-bond donors (Lipinski definition) is 1. The Morgan fingerprint density at radius 3 is 2.50 bits per heavy atom. The van der Waals surface area contributed by atoms with Gasteiger partial charge < -0.3 is 10.1 Å². The Morgan fingerprint density at radius 1 is 1.11 bits per heavy atom. The first-order chi connectivity index (χ1) is 13.1. The second-order valence-corrected chi connectivity index (χ2v) is 8.06. The quantitative estimate of drug-likeness (QED) is 0.690. The van der Waals surface area contributed by atoms with Gasteiger partial charge in [-0.05, 0) is 35.9 Å². The van der Waals surface area contributed by atoms with E-state index < -0.39 is 21.6 Å². The fourth-order valence-electron chi connectivity index (χ4n) is 2.69. The van der Waals surface area contributed by atoms with Crippen LogP contribution in [0.25, 0.3) is 10.9 Å². The molecular formula is C18H16F3N3O3S. The molecule has 0 radical (unpaired) electrons. The van der Waals surface area contributed by atoms with Crippen molar-refractivity contribution in [3.05, 3.63) is 53.9 Å². The molecule has 2 aromatic carbocycles. The lowest BCUT2D eigenvalue weighted by Gasteiger charge is -2.15. The Kier molecular flexibility index (Phi) is 5.16. The van der Waals surface area contributed by atoms with E-state index in [1.807, 2.05) is 0 Å². The number of rotatable bonds is 5. The summed E-state index contributed by atoms with van der Waals surface area (Å²) >= 11 is 0. The van der Waals surface area contributed by atoms with Crippen LogP contribution in [0.3, 0.4) is 0 Å². The molecule has 3 rings (SSSR count). The molecule has 0 saturated carbocycles. The summed E-state index contributed by atoms with van der Waals surface area (Å²) in [6.45, 7) is -0.173. The minimum Gasteiger partial charge on any atom is -0.497 e. The van der Waals surface area contributed by atoms with E-state index in [-0.39, 0.29) is 28.6 Å². The fraction of sp³-hybridized carbons (Fsp3) is 0.222. The van der Waals surface area contributed by atoms with Crippen molar-refractivity contribution in [3.8, 4) is 5.75 Å². The molecule has 3 aromatic rings. The third kappa shape index (κ3) is 4.16. The second-order valence-electron chi connectivity index (χ2n) is 6.05. The van der Waals surface area contributed by atoms with Gasteiger partial charge in [-0.25, -0.2) is 18.4 Å². The SMILES string of the molecule is COc1ccc(CNc2ncnc3ccc(S(C)(=O)=O)cc23)c(C(F)(F)F)c1. The zero-order valence-corrected chi connectivity index (χ0v) is 15.7. The predicted molar refractivity (Wildman–Crippen MR) is 98.0 cm³/mol. The molecule has 0 amide bonds. The topological polar surface area (TPSA) is 81.2 Å². The van der Waals surface area contributed by atoms with Crippen LogP contribution in [0.2, 0.25) is 0 Å².